The first-order valence-corrected chi connectivity index (χ1v) is 8.85. The van der Waals surface area contributed by atoms with Crippen LogP contribution in [0.4, 0.5) is 0 Å². The molecule has 0 aliphatic heterocycles. The molecule has 1 aliphatic rings. The van der Waals surface area contributed by atoms with Gasteiger partial charge in [-0.1, -0.05) is 29.8 Å². The third-order valence-electron chi connectivity index (χ3n) is 4.63. The fourth-order valence-corrected chi connectivity index (χ4v) is 3.57. The van der Waals surface area contributed by atoms with E-state index in [4.69, 9.17) is 21.7 Å². The monoisotopic (exact) mass is 337 g/mol. The standard InChI is InChI=1S/C20H20ClN3/c1-14-5-4-7-18(22-14)20-17-6-2-3-8-19(17)24(23-20)13-15-9-11-16(21)12-10-15/h4-5,7,9-12H,2-3,6,8,13H2,1H3. The Labute approximate surface area is 147 Å². The van der Waals surface area contributed by atoms with E-state index in [0.717, 1.165) is 41.5 Å². The lowest BCUT2D eigenvalue weighted by atomic mass is 9.94. The highest BCUT2D eigenvalue weighted by Gasteiger charge is 2.22. The van der Waals surface area contributed by atoms with Crippen molar-refractivity contribution < 1.29 is 0 Å². The van der Waals surface area contributed by atoms with Crippen LogP contribution in [0.25, 0.3) is 11.4 Å². The Hall–Kier alpha value is -2.13. The van der Waals surface area contributed by atoms with Gasteiger partial charge < -0.3 is 0 Å². The Bertz CT molecular complexity index is 865. The van der Waals surface area contributed by atoms with Crippen LogP contribution < -0.4 is 0 Å². The van der Waals surface area contributed by atoms with Crippen molar-refractivity contribution in [1.29, 1.82) is 0 Å². The Kier molecular flexibility index (Phi) is 4.11. The number of hydrogen-bond acceptors (Lipinski definition) is 2. The van der Waals surface area contributed by atoms with Crippen molar-refractivity contribution in [3.05, 3.63) is 70.0 Å². The van der Waals surface area contributed by atoms with E-state index in [2.05, 4.69) is 28.9 Å². The highest BCUT2D eigenvalue weighted by atomic mass is 35.5. The Morgan fingerprint density at radius 2 is 1.83 bits per heavy atom. The molecule has 4 rings (SSSR count). The van der Waals surface area contributed by atoms with Crippen LogP contribution in [0.15, 0.2) is 42.5 Å². The number of aromatic nitrogens is 3. The molecule has 3 nitrogen and oxygen atoms in total. The maximum absolute atomic E-state index is 6.00. The van der Waals surface area contributed by atoms with Gasteiger partial charge in [-0.15, -0.1) is 0 Å². The van der Waals surface area contributed by atoms with Gasteiger partial charge in [0.1, 0.15) is 5.69 Å². The fraction of sp³-hybridized carbons (Fsp3) is 0.300. The largest absolute Gasteiger partial charge is 0.264 e. The number of pyridine rings is 1. The van der Waals surface area contributed by atoms with Gasteiger partial charge in [0.25, 0.3) is 0 Å². The topological polar surface area (TPSA) is 30.7 Å². The summed E-state index contributed by atoms with van der Waals surface area (Å²) in [6.45, 7) is 2.81. The number of aryl methyl sites for hydroxylation is 1. The first-order valence-electron chi connectivity index (χ1n) is 8.48. The van der Waals surface area contributed by atoms with Gasteiger partial charge in [-0.2, -0.15) is 5.10 Å². The smallest absolute Gasteiger partial charge is 0.114 e. The van der Waals surface area contributed by atoms with Gasteiger partial charge in [0.05, 0.1) is 12.2 Å². The van der Waals surface area contributed by atoms with Crippen molar-refractivity contribution in [2.24, 2.45) is 0 Å². The zero-order valence-electron chi connectivity index (χ0n) is 13.8. The molecular weight excluding hydrogens is 318 g/mol. The van der Waals surface area contributed by atoms with Crippen LogP contribution in [0, 0.1) is 6.92 Å². The van der Waals surface area contributed by atoms with Crippen molar-refractivity contribution in [1.82, 2.24) is 14.8 Å². The Morgan fingerprint density at radius 3 is 2.62 bits per heavy atom. The van der Waals surface area contributed by atoms with Crippen LogP contribution >= 0.6 is 11.6 Å². The van der Waals surface area contributed by atoms with E-state index in [1.54, 1.807) is 0 Å². The first kappa shape index (κ1) is 15.4. The summed E-state index contributed by atoms with van der Waals surface area (Å²) < 4.78 is 2.16. The lowest BCUT2D eigenvalue weighted by Gasteiger charge is -2.14. The minimum absolute atomic E-state index is 0.769. The van der Waals surface area contributed by atoms with Crippen molar-refractivity contribution in [3.8, 4) is 11.4 Å². The molecule has 0 bridgehead atoms. The number of benzene rings is 1. The predicted molar refractivity (Wildman–Crippen MR) is 97.4 cm³/mol. The van der Waals surface area contributed by atoms with Gasteiger partial charge in [0.2, 0.25) is 0 Å². The first-order chi connectivity index (χ1) is 11.7. The van der Waals surface area contributed by atoms with Crippen molar-refractivity contribution in [2.45, 2.75) is 39.2 Å². The molecule has 0 saturated heterocycles. The number of rotatable bonds is 3. The highest BCUT2D eigenvalue weighted by molar-refractivity contribution is 6.30. The van der Waals surface area contributed by atoms with Crippen LogP contribution in [-0.4, -0.2) is 14.8 Å². The average molecular weight is 338 g/mol. The zero-order chi connectivity index (χ0) is 16.5. The summed E-state index contributed by atoms with van der Waals surface area (Å²) in [5.41, 5.74) is 7.05. The third kappa shape index (κ3) is 2.96. The Balaban J connectivity index is 1.76. The van der Waals surface area contributed by atoms with Gasteiger partial charge >= 0.3 is 0 Å². The molecule has 0 unspecified atom stereocenters. The highest BCUT2D eigenvalue weighted by Crippen LogP contribution is 2.31. The maximum atomic E-state index is 6.00. The second-order valence-corrected chi connectivity index (χ2v) is 6.87. The lowest BCUT2D eigenvalue weighted by Crippen LogP contribution is -2.10. The van der Waals surface area contributed by atoms with Crippen LogP contribution in [0.1, 0.15) is 35.4 Å². The summed E-state index contributed by atoms with van der Waals surface area (Å²) in [5.74, 6) is 0. The summed E-state index contributed by atoms with van der Waals surface area (Å²) in [4.78, 5) is 4.69. The van der Waals surface area contributed by atoms with Crippen LogP contribution in [-0.2, 0) is 19.4 Å². The second kappa shape index (κ2) is 6.40. The van der Waals surface area contributed by atoms with Gasteiger partial charge in [0.15, 0.2) is 0 Å². The van der Waals surface area contributed by atoms with Gasteiger partial charge in [-0.05, 0) is 62.4 Å². The SMILES string of the molecule is Cc1cccc(-c2nn(Cc3ccc(Cl)cc3)c3c2CCCC3)n1. The number of halogens is 1. The minimum Gasteiger partial charge on any atom is -0.264 e. The van der Waals surface area contributed by atoms with E-state index >= 15 is 0 Å². The summed E-state index contributed by atoms with van der Waals surface area (Å²) in [6, 6.07) is 14.2. The molecule has 24 heavy (non-hydrogen) atoms. The Morgan fingerprint density at radius 1 is 1.04 bits per heavy atom. The molecule has 0 spiro atoms. The summed E-state index contributed by atoms with van der Waals surface area (Å²) in [5, 5.41) is 5.71. The minimum atomic E-state index is 0.769. The lowest BCUT2D eigenvalue weighted by molar-refractivity contribution is 0.595. The van der Waals surface area contributed by atoms with Crippen LogP contribution in [0.3, 0.4) is 0 Å². The van der Waals surface area contributed by atoms with E-state index in [-0.39, 0.29) is 0 Å². The molecule has 0 N–H and O–H groups in total. The molecule has 3 aromatic rings. The summed E-state index contributed by atoms with van der Waals surface area (Å²) in [6.07, 6.45) is 4.67. The average Bonchev–Trinajstić information content (AvgIpc) is 2.96. The van der Waals surface area contributed by atoms with Crippen molar-refractivity contribution in [3.63, 3.8) is 0 Å². The molecule has 0 fully saturated rings. The number of hydrogen-bond donors (Lipinski definition) is 0. The van der Waals surface area contributed by atoms with E-state index < -0.39 is 0 Å². The van der Waals surface area contributed by atoms with E-state index in [1.807, 2.05) is 25.1 Å². The van der Waals surface area contributed by atoms with E-state index in [0.29, 0.717) is 0 Å². The second-order valence-electron chi connectivity index (χ2n) is 6.43. The summed E-state index contributed by atoms with van der Waals surface area (Å²) in [7, 11) is 0. The molecule has 0 radical (unpaired) electrons. The predicted octanol–water partition coefficient (Wildman–Crippen LogP) is 4.83. The molecule has 0 atom stereocenters. The maximum Gasteiger partial charge on any atom is 0.114 e. The van der Waals surface area contributed by atoms with E-state index in [1.165, 1.54) is 29.7 Å². The van der Waals surface area contributed by atoms with Crippen molar-refractivity contribution >= 4 is 11.6 Å². The van der Waals surface area contributed by atoms with Gasteiger partial charge in [0, 0.05) is 22.0 Å². The molecular formula is C20H20ClN3. The van der Waals surface area contributed by atoms with Crippen molar-refractivity contribution in [2.75, 3.05) is 0 Å². The molecule has 0 saturated carbocycles. The number of fused-ring (bicyclic) bond motifs is 1. The fourth-order valence-electron chi connectivity index (χ4n) is 3.45. The normalized spacial score (nSPS) is 13.8. The zero-order valence-corrected chi connectivity index (χ0v) is 14.6. The van der Waals surface area contributed by atoms with Gasteiger partial charge in [-0.25, -0.2) is 0 Å². The molecule has 2 heterocycles. The van der Waals surface area contributed by atoms with E-state index in [9.17, 15) is 0 Å². The van der Waals surface area contributed by atoms with Crippen LogP contribution in [0.2, 0.25) is 5.02 Å². The molecule has 4 heteroatoms. The molecule has 1 aliphatic carbocycles. The molecule has 122 valence electrons. The molecule has 2 aromatic heterocycles. The van der Waals surface area contributed by atoms with Crippen LogP contribution in [0.5, 0.6) is 0 Å². The quantitative estimate of drug-likeness (QED) is 0.685. The molecule has 1 aromatic carbocycles. The summed E-state index contributed by atoms with van der Waals surface area (Å²) >= 11 is 6.00. The van der Waals surface area contributed by atoms with Gasteiger partial charge in [-0.3, -0.25) is 9.67 Å². The molecule has 0 amide bonds. The number of nitrogens with zero attached hydrogens (tertiary/aromatic N) is 3. The third-order valence-corrected chi connectivity index (χ3v) is 4.89.